The number of amides is 1. The summed E-state index contributed by atoms with van der Waals surface area (Å²) in [6, 6.07) is 0.329. The Balaban J connectivity index is 1.44. The highest BCUT2D eigenvalue weighted by Gasteiger charge is 2.41. The maximum atomic E-state index is 12.2. The van der Waals surface area contributed by atoms with E-state index in [4.69, 9.17) is 4.74 Å². The fourth-order valence-electron chi connectivity index (χ4n) is 4.07. The zero-order valence-corrected chi connectivity index (χ0v) is 12.8. The van der Waals surface area contributed by atoms with Crippen LogP contribution in [0.3, 0.4) is 0 Å². The van der Waals surface area contributed by atoms with E-state index in [1.54, 1.807) is 4.90 Å². The molecule has 21 heavy (non-hydrogen) atoms. The first-order chi connectivity index (χ1) is 10.1. The number of allylic oxidation sites excluding steroid dienone is 2. The zero-order chi connectivity index (χ0) is 14.8. The predicted octanol–water partition coefficient (Wildman–Crippen LogP) is 2.53. The predicted molar refractivity (Wildman–Crippen MR) is 79.4 cm³/mol. The van der Waals surface area contributed by atoms with Gasteiger partial charge in [0.25, 0.3) is 5.91 Å². The number of ether oxygens (including phenoxy) is 1. The third kappa shape index (κ3) is 3.14. The highest BCUT2D eigenvalue weighted by Crippen LogP contribution is 2.43. The van der Waals surface area contributed by atoms with Crippen LogP contribution in [0.15, 0.2) is 12.2 Å². The summed E-state index contributed by atoms with van der Waals surface area (Å²) in [6.45, 7) is -0.0938. The van der Waals surface area contributed by atoms with Gasteiger partial charge in [0, 0.05) is 13.1 Å². The van der Waals surface area contributed by atoms with Crippen LogP contribution < -0.4 is 0 Å². The van der Waals surface area contributed by atoms with E-state index in [0.717, 1.165) is 25.7 Å². The fraction of sp³-hybridized carbons (Fsp3) is 0.765. The second kappa shape index (κ2) is 6.20. The molecular weight excluding hydrogens is 266 g/mol. The lowest BCUT2D eigenvalue weighted by molar-refractivity contribution is -0.156. The maximum Gasteiger partial charge on any atom is 0.310 e. The van der Waals surface area contributed by atoms with Crippen molar-refractivity contribution in [2.75, 3.05) is 13.7 Å². The molecule has 0 heterocycles. The van der Waals surface area contributed by atoms with E-state index in [1.165, 1.54) is 19.3 Å². The molecule has 0 N–H and O–H groups in total. The highest BCUT2D eigenvalue weighted by molar-refractivity contribution is 5.81. The van der Waals surface area contributed by atoms with Crippen molar-refractivity contribution < 1.29 is 14.3 Å². The Labute approximate surface area is 126 Å². The van der Waals surface area contributed by atoms with E-state index in [0.29, 0.717) is 17.9 Å². The van der Waals surface area contributed by atoms with Gasteiger partial charge in [0.15, 0.2) is 6.61 Å². The molecule has 3 atom stereocenters. The summed E-state index contributed by atoms with van der Waals surface area (Å²) < 4.78 is 5.29. The highest BCUT2D eigenvalue weighted by atomic mass is 16.5. The molecule has 3 rings (SSSR count). The molecule has 4 nitrogen and oxygen atoms in total. The molecule has 0 radical (unpaired) electrons. The molecule has 0 aromatic heterocycles. The molecule has 3 aliphatic rings. The van der Waals surface area contributed by atoms with Gasteiger partial charge in [-0.1, -0.05) is 31.4 Å². The number of fused-ring (bicyclic) bond motifs is 2. The summed E-state index contributed by atoms with van der Waals surface area (Å²) in [4.78, 5) is 26.1. The number of rotatable bonds is 4. The minimum atomic E-state index is -0.183. The fourth-order valence-corrected chi connectivity index (χ4v) is 4.07. The average Bonchev–Trinajstić information content (AvgIpc) is 3.15. The Morgan fingerprint density at radius 2 is 1.90 bits per heavy atom. The first kappa shape index (κ1) is 14.6. The molecule has 116 valence electrons. The normalized spacial score (nSPS) is 31.4. The van der Waals surface area contributed by atoms with Gasteiger partial charge >= 0.3 is 5.97 Å². The standard InChI is InChI=1S/C17H25NO3/c1-18(14-5-3-2-4-6-14)16(19)11-21-17(20)15-10-12-7-8-13(15)9-12/h7-8,12-15H,2-6,9-11H2,1H3. The number of likely N-dealkylation sites (N-methyl/N-ethyl adjacent to an activating group) is 1. The monoisotopic (exact) mass is 291 g/mol. The molecule has 3 aliphatic carbocycles. The van der Waals surface area contributed by atoms with Gasteiger partial charge in [-0.05, 0) is 37.5 Å². The number of hydrogen-bond donors (Lipinski definition) is 0. The summed E-state index contributed by atoms with van der Waals surface area (Å²) in [6.07, 6.45) is 12.1. The van der Waals surface area contributed by atoms with Crippen molar-refractivity contribution in [3.63, 3.8) is 0 Å². The molecule has 0 saturated heterocycles. The minimum Gasteiger partial charge on any atom is -0.455 e. The summed E-state index contributed by atoms with van der Waals surface area (Å²) in [5.74, 6) is 0.626. The Kier molecular flexibility index (Phi) is 4.32. The number of carbonyl (C=O) groups is 2. The SMILES string of the molecule is CN(C(=O)COC(=O)C1CC2C=CC1C2)C1CCCCC1. The topological polar surface area (TPSA) is 46.6 Å². The maximum absolute atomic E-state index is 12.2. The van der Waals surface area contributed by atoms with Crippen molar-refractivity contribution in [3.05, 3.63) is 12.2 Å². The number of esters is 1. The Morgan fingerprint density at radius 1 is 1.14 bits per heavy atom. The molecule has 1 amide bonds. The summed E-state index contributed by atoms with van der Waals surface area (Å²) in [7, 11) is 1.84. The third-order valence-electron chi connectivity index (χ3n) is 5.44. The van der Waals surface area contributed by atoms with Crippen LogP contribution in [0.25, 0.3) is 0 Å². The van der Waals surface area contributed by atoms with E-state index < -0.39 is 0 Å². The molecule has 0 aromatic carbocycles. The smallest absolute Gasteiger partial charge is 0.310 e. The van der Waals surface area contributed by atoms with Gasteiger partial charge in [0.05, 0.1) is 5.92 Å². The van der Waals surface area contributed by atoms with Crippen LogP contribution in [0.5, 0.6) is 0 Å². The van der Waals surface area contributed by atoms with Crippen molar-refractivity contribution in [2.45, 2.75) is 51.0 Å². The van der Waals surface area contributed by atoms with Gasteiger partial charge in [-0.3, -0.25) is 9.59 Å². The third-order valence-corrected chi connectivity index (χ3v) is 5.44. The molecule has 2 fully saturated rings. The van der Waals surface area contributed by atoms with Gasteiger partial charge in [-0.2, -0.15) is 0 Å². The van der Waals surface area contributed by atoms with Gasteiger partial charge in [0.2, 0.25) is 0 Å². The number of nitrogens with zero attached hydrogens (tertiary/aromatic N) is 1. The van der Waals surface area contributed by atoms with E-state index in [1.807, 2.05) is 7.05 Å². The van der Waals surface area contributed by atoms with E-state index in [2.05, 4.69) is 12.2 Å². The molecule has 0 aromatic rings. The van der Waals surface area contributed by atoms with Gasteiger partial charge < -0.3 is 9.64 Å². The molecule has 0 spiro atoms. The van der Waals surface area contributed by atoms with Crippen molar-refractivity contribution in [1.29, 1.82) is 0 Å². The summed E-state index contributed by atoms with van der Waals surface area (Å²) in [5.41, 5.74) is 0. The zero-order valence-electron chi connectivity index (χ0n) is 12.8. The lowest BCUT2D eigenvalue weighted by atomic mass is 9.94. The Bertz CT molecular complexity index is 439. The lowest BCUT2D eigenvalue weighted by Crippen LogP contribution is -2.41. The molecule has 0 aliphatic heterocycles. The molecule has 2 bridgehead atoms. The van der Waals surface area contributed by atoms with Crippen molar-refractivity contribution in [2.24, 2.45) is 17.8 Å². The van der Waals surface area contributed by atoms with Crippen molar-refractivity contribution >= 4 is 11.9 Å². The van der Waals surface area contributed by atoms with Crippen LogP contribution >= 0.6 is 0 Å². The van der Waals surface area contributed by atoms with Crippen LogP contribution in [-0.4, -0.2) is 36.5 Å². The largest absolute Gasteiger partial charge is 0.455 e. The molecule has 4 heteroatoms. The molecular formula is C17H25NO3. The average molecular weight is 291 g/mol. The van der Waals surface area contributed by atoms with Crippen molar-refractivity contribution in [1.82, 2.24) is 4.90 Å². The van der Waals surface area contributed by atoms with E-state index in [-0.39, 0.29) is 24.4 Å². The van der Waals surface area contributed by atoms with Crippen molar-refractivity contribution in [3.8, 4) is 0 Å². The quantitative estimate of drug-likeness (QED) is 0.590. The second-order valence-corrected chi connectivity index (χ2v) is 6.79. The minimum absolute atomic E-state index is 0.0206. The van der Waals surface area contributed by atoms with Crippen LogP contribution in [0.2, 0.25) is 0 Å². The van der Waals surface area contributed by atoms with Crippen LogP contribution in [0.4, 0.5) is 0 Å². The summed E-state index contributed by atoms with van der Waals surface area (Å²) in [5, 5.41) is 0. The van der Waals surface area contributed by atoms with Gasteiger partial charge in [-0.15, -0.1) is 0 Å². The van der Waals surface area contributed by atoms with Crippen LogP contribution in [0.1, 0.15) is 44.9 Å². The van der Waals surface area contributed by atoms with E-state index in [9.17, 15) is 9.59 Å². The Morgan fingerprint density at radius 3 is 2.52 bits per heavy atom. The van der Waals surface area contributed by atoms with Gasteiger partial charge in [0.1, 0.15) is 0 Å². The Hall–Kier alpha value is -1.32. The molecule has 3 unspecified atom stereocenters. The first-order valence-corrected chi connectivity index (χ1v) is 8.26. The van der Waals surface area contributed by atoms with Crippen LogP contribution in [0, 0.1) is 17.8 Å². The van der Waals surface area contributed by atoms with Gasteiger partial charge in [-0.25, -0.2) is 0 Å². The number of carbonyl (C=O) groups excluding carboxylic acids is 2. The van der Waals surface area contributed by atoms with E-state index >= 15 is 0 Å². The lowest BCUT2D eigenvalue weighted by Gasteiger charge is -2.31. The first-order valence-electron chi connectivity index (χ1n) is 8.26. The molecule has 2 saturated carbocycles. The summed E-state index contributed by atoms with van der Waals surface area (Å²) >= 11 is 0. The van der Waals surface area contributed by atoms with Crippen LogP contribution in [-0.2, 0) is 14.3 Å². The number of hydrogen-bond acceptors (Lipinski definition) is 3. The second-order valence-electron chi connectivity index (χ2n) is 6.79.